The Bertz CT molecular complexity index is 384. The number of ether oxygens (including phenoxy) is 2. The van der Waals surface area contributed by atoms with Crippen LogP contribution in [0.2, 0.25) is 0 Å². The fraction of sp³-hybridized carbons (Fsp3) is 0.375. The summed E-state index contributed by atoms with van der Waals surface area (Å²) in [4.78, 5) is 3.78. The van der Waals surface area contributed by atoms with Crippen molar-refractivity contribution in [3.8, 4) is 11.6 Å². The predicted octanol–water partition coefficient (Wildman–Crippen LogP) is 2.05. The van der Waals surface area contributed by atoms with Gasteiger partial charge in [0.25, 0.3) is 5.88 Å². The number of rotatable bonds is 3. The standard InChI is InChI=1S/C8H8F3IN2O2/c1-15-7-6(16-8(9,10)11)5(12)2-4(3-13)14-7/h2H,3,13H2,1H3. The van der Waals surface area contributed by atoms with Crippen LogP contribution in [0.25, 0.3) is 0 Å². The number of pyridine rings is 1. The minimum Gasteiger partial charge on any atom is -0.478 e. The van der Waals surface area contributed by atoms with Crippen LogP contribution in [0.15, 0.2) is 6.07 Å². The molecule has 0 amide bonds. The summed E-state index contributed by atoms with van der Waals surface area (Å²) >= 11 is 1.70. The second-order valence-corrected chi connectivity index (χ2v) is 3.85. The van der Waals surface area contributed by atoms with Gasteiger partial charge in [-0.3, -0.25) is 0 Å². The summed E-state index contributed by atoms with van der Waals surface area (Å²) in [7, 11) is 1.21. The molecular formula is C8H8F3IN2O2. The van der Waals surface area contributed by atoms with E-state index in [1.165, 1.54) is 13.2 Å². The van der Waals surface area contributed by atoms with Crippen molar-refractivity contribution in [1.82, 2.24) is 4.98 Å². The highest BCUT2D eigenvalue weighted by Gasteiger charge is 2.34. The van der Waals surface area contributed by atoms with Crippen molar-refractivity contribution in [2.45, 2.75) is 12.9 Å². The average Bonchev–Trinajstić information content (AvgIpc) is 2.19. The van der Waals surface area contributed by atoms with Gasteiger partial charge in [0.05, 0.1) is 16.4 Å². The molecular weight excluding hydrogens is 340 g/mol. The smallest absolute Gasteiger partial charge is 0.478 e. The molecule has 0 aliphatic rings. The Morgan fingerprint density at radius 3 is 2.56 bits per heavy atom. The van der Waals surface area contributed by atoms with Gasteiger partial charge < -0.3 is 15.2 Å². The van der Waals surface area contributed by atoms with Gasteiger partial charge in [-0.2, -0.15) is 0 Å². The zero-order chi connectivity index (χ0) is 12.3. The molecule has 0 fully saturated rings. The van der Waals surface area contributed by atoms with Crippen LogP contribution >= 0.6 is 22.6 Å². The molecule has 0 spiro atoms. The van der Waals surface area contributed by atoms with Crippen LogP contribution < -0.4 is 15.2 Å². The first-order chi connectivity index (χ1) is 7.37. The average molecular weight is 348 g/mol. The van der Waals surface area contributed by atoms with E-state index in [0.717, 1.165) is 0 Å². The topological polar surface area (TPSA) is 57.4 Å². The lowest BCUT2D eigenvalue weighted by Crippen LogP contribution is -2.19. The summed E-state index contributed by atoms with van der Waals surface area (Å²) in [6, 6.07) is 1.41. The molecule has 16 heavy (non-hydrogen) atoms. The minimum absolute atomic E-state index is 0.110. The van der Waals surface area contributed by atoms with E-state index in [2.05, 4.69) is 9.72 Å². The summed E-state index contributed by atoms with van der Waals surface area (Å²) in [6.07, 6.45) is -4.78. The highest BCUT2D eigenvalue weighted by Crippen LogP contribution is 2.35. The minimum atomic E-state index is -4.78. The second kappa shape index (κ2) is 5.04. The lowest BCUT2D eigenvalue weighted by molar-refractivity contribution is -0.275. The highest BCUT2D eigenvalue weighted by molar-refractivity contribution is 14.1. The third-order valence-corrected chi connectivity index (χ3v) is 2.37. The number of nitrogens with two attached hydrogens (primary N) is 1. The fourth-order valence-corrected chi connectivity index (χ4v) is 1.68. The molecule has 0 aliphatic heterocycles. The molecule has 4 nitrogen and oxygen atoms in total. The molecule has 0 aromatic carbocycles. The third kappa shape index (κ3) is 3.37. The van der Waals surface area contributed by atoms with Crippen LogP contribution in [-0.4, -0.2) is 18.5 Å². The van der Waals surface area contributed by atoms with Gasteiger partial charge in [-0.15, -0.1) is 13.2 Å². The van der Waals surface area contributed by atoms with Gasteiger partial charge in [0.1, 0.15) is 0 Å². The SMILES string of the molecule is COc1nc(CN)cc(I)c1OC(F)(F)F. The third-order valence-electron chi connectivity index (χ3n) is 1.57. The van der Waals surface area contributed by atoms with Gasteiger partial charge in [0, 0.05) is 6.54 Å². The zero-order valence-electron chi connectivity index (χ0n) is 8.14. The number of hydrogen-bond acceptors (Lipinski definition) is 4. The summed E-state index contributed by atoms with van der Waals surface area (Å²) in [5.74, 6) is -0.683. The van der Waals surface area contributed by atoms with E-state index >= 15 is 0 Å². The van der Waals surface area contributed by atoms with Crippen LogP contribution in [0.4, 0.5) is 13.2 Å². The molecule has 90 valence electrons. The molecule has 1 heterocycles. The first-order valence-electron chi connectivity index (χ1n) is 4.06. The Kier molecular flexibility index (Phi) is 4.19. The van der Waals surface area contributed by atoms with Crippen LogP contribution in [0, 0.1) is 3.57 Å². The van der Waals surface area contributed by atoms with Gasteiger partial charge in [0.15, 0.2) is 0 Å². The fourth-order valence-electron chi connectivity index (χ4n) is 0.979. The number of methoxy groups -OCH3 is 1. The van der Waals surface area contributed by atoms with E-state index < -0.39 is 12.1 Å². The first kappa shape index (κ1) is 13.3. The molecule has 0 saturated heterocycles. The molecule has 0 saturated carbocycles. The largest absolute Gasteiger partial charge is 0.573 e. The molecule has 1 aromatic heterocycles. The number of alkyl halides is 3. The van der Waals surface area contributed by atoms with E-state index in [1.54, 1.807) is 22.6 Å². The van der Waals surface area contributed by atoms with E-state index in [0.29, 0.717) is 5.69 Å². The molecule has 1 rings (SSSR count). The normalized spacial score (nSPS) is 11.4. The van der Waals surface area contributed by atoms with Crippen molar-refractivity contribution in [1.29, 1.82) is 0 Å². The Morgan fingerprint density at radius 1 is 1.50 bits per heavy atom. The molecule has 1 aromatic rings. The Balaban J connectivity index is 3.16. The Hall–Kier alpha value is -0.770. The molecule has 0 bridgehead atoms. The lowest BCUT2D eigenvalue weighted by atomic mass is 10.3. The van der Waals surface area contributed by atoms with Gasteiger partial charge in [0.2, 0.25) is 5.75 Å². The summed E-state index contributed by atoms with van der Waals surface area (Å²) in [5.41, 5.74) is 5.76. The van der Waals surface area contributed by atoms with E-state index in [1.807, 2.05) is 0 Å². The van der Waals surface area contributed by atoms with Crippen molar-refractivity contribution < 1.29 is 22.6 Å². The van der Waals surface area contributed by atoms with E-state index in [9.17, 15) is 13.2 Å². The predicted molar refractivity (Wildman–Crippen MR) is 58.1 cm³/mol. The van der Waals surface area contributed by atoms with Gasteiger partial charge in [-0.25, -0.2) is 4.98 Å². The summed E-state index contributed by atoms with van der Waals surface area (Å²) < 4.78 is 45.0. The first-order valence-corrected chi connectivity index (χ1v) is 5.14. The van der Waals surface area contributed by atoms with Crippen molar-refractivity contribution >= 4 is 22.6 Å². The monoisotopic (exact) mass is 348 g/mol. The van der Waals surface area contributed by atoms with Crippen LogP contribution in [0.5, 0.6) is 11.6 Å². The molecule has 0 aliphatic carbocycles. The van der Waals surface area contributed by atoms with Gasteiger partial charge in [-0.05, 0) is 28.7 Å². The van der Waals surface area contributed by atoms with Crippen molar-refractivity contribution in [2.24, 2.45) is 5.73 Å². The zero-order valence-corrected chi connectivity index (χ0v) is 10.3. The van der Waals surface area contributed by atoms with E-state index in [-0.39, 0.29) is 16.0 Å². The van der Waals surface area contributed by atoms with Gasteiger partial charge >= 0.3 is 6.36 Å². The van der Waals surface area contributed by atoms with Crippen molar-refractivity contribution in [2.75, 3.05) is 7.11 Å². The number of hydrogen-bond donors (Lipinski definition) is 1. The molecule has 0 radical (unpaired) electrons. The lowest BCUT2D eigenvalue weighted by Gasteiger charge is -2.14. The molecule has 0 atom stereocenters. The van der Waals surface area contributed by atoms with Gasteiger partial charge in [-0.1, -0.05) is 0 Å². The molecule has 2 N–H and O–H groups in total. The van der Waals surface area contributed by atoms with Crippen molar-refractivity contribution in [3.63, 3.8) is 0 Å². The van der Waals surface area contributed by atoms with Crippen molar-refractivity contribution in [3.05, 3.63) is 15.3 Å². The number of aromatic nitrogens is 1. The second-order valence-electron chi connectivity index (χ2n) is 2.69. The number of halogens is 4. The molecule has 8 heteroatoms. The maximum Gasteiger partial charge on any atom is 0.573 e. The van der Waals surface area contributed by atoms with Crippen LogP contribution in [-0.2, 0) is 6.54 Å². The maximum atomic E-state index is 12.1. The summed E-state index contributed by atoms with van der Waals surface area (Å²) in [6.45, 7) is 0.110. The molecule has 0 unspecified atom stereocenters. The highest BCUT2D eigenvalue weighted by atomic mass is 127. The van der Waals surface area contributed by atoms with Crippen LogP contribution in [0.1, 0.15) is 5.69 Å². The van der Waals surface area contributed by atoms with E-state index in [4.69, 9.17) is 10.5 Å². The number of nitrogens with zero attached hydrogens (tertiary/aromatic N) is 1. The summed E-state index contributed by atoms with van der Waals surface area (Å²) in [5, 5.41) is 0. The van der Waals surface area contributed by atoms with Crippen LogP contribution in [0.3, 0.4) is 0 Å². The Morgan fingerprint density at radius 2 is 2.12 bits per heavy atom. The quantitative estimate of drug-likeness (QED) is 0.850. The Labute approximate surface area is 103 Å². The maximum absolute atomic E-state index is 12.1.